The van der Waals surface area contributed by atoms with Crippen molar-refractivity contribution in [2.75, 3.05) is 6.54 Å². The van der Waals surface area contributed by atoms with Crippen LogP contribution in [0.15, 0.2) is 70.7 Å². The molecule has 2 heterocycles. The molecule has 1 atom stereocenters. The Morgan fingerprint density at radius 1 is 1.03 bits per heavy atom. The van der Waals surface area contributed by atoms with Gasteiger partial charge in [0.05, 0.1) is 12.8 Å². The highest BCUT2D eigenvalue weighted by Gasteiger charge is 2.34. The van der Waals surface area contributed by atoms with Crippen LogP contribution in [-0.4, -0.2) is 35.2 Å². The lowest BCUT2D eigenvalue weighted by atomic mass is 10.1. The predicted octanol–water partition coefficient (Wildman–Crippen LogP) is 3.90. The van der Waals surface area contributed by atoms with Crippen molar-refractivity contribution < 1.29 is 18.8 Å². The molecule has 1 saturated carbocycles. The Morgan fingerprint density at radius 3 is 2.48 bits per heavy atom. The molecule has 1 aliphatic rings. The third-order valence-corrected chi connectivity index (χ3v) is 6.66. The van der Waals surface area contributed by atoms with Gasteiger partial charge in [0.2, 0.25) is 11.8 Å². The van der Waals surface area contributed by atoms with Crippen molar-refractivity contribution in [2.45, 2.75) is 44.3 Å². The van der Waals surface area contributed by atoms with E-state index < -0.39 is 11.9 Å². The maximum atomic E-state index is 13.5. The van der Waals surface area contributed by atoms with Gasteiger partial charge in [-0.15, -0.1) is 11.3 Å². The molecule has 172 valence electrons. The number of hydrogen-bond donors (Lipinski definition) is 2. The van der Waals surface area contributed by atoms with Crippen LogP contribution in [-0.2, 0) is 16.1 Å². The van der Waals surface area contributed by atoms with Crippen LogP contribution < -0.4 is 10.6 Å². The number of rotatable bonds is 9. The minimum Gasteiger partial charge on any atom is -0.459 e. The monoisotopic (exact) mass is 465 g/mol. The van der Waals surface area contributed by atoms with Crippen molar-refractivity contribution in [3.63, 3.8) is 0 Å². The highest BCUT2D eigenvalue weighted by Crippen LogP contribution is 2.29. The summed E-state index contributed by atoms with van der Waals surface area (Å²) in [5.41, 5.74) is 0.901. The van der Waals surface area contributed by atoms with Crippen molar-refractivity contribution >= 4 is 29.1 Å². The van der Waals surface area contributed by atoms with Gasteiger partial charge in [-0.3, -0.25) is 14.4 Å². The van der Waals surface area contributed by atoms with Gasteiger partial charge in [-0.2, -0.15) is 0 Å². The molecule has 33 heavy (non-hydrogen) atoms. The zero-order chi connectivity index (χ0) is 23.0. The van der Waals surface area contributed by atoms with E-state index >= 15 is 0 Å². The van der Waals surface area contributed by atoms with Gasteiger partial charge >= 0.3 is 0 Å². The summed E-state index contributed by atoms with van der Waals surface area (Å²) in [4.78, 5) is 41.5. The first-order valence-electron chi connectivity index (χ1n) is 11.1. The number of hydrogen-bond acceptors (Lipinski definition) is 5. The SMILES string of the molecule is O=C(NCC(=O)N(Cc1ccccc1)[C@H](C(=O)NC1CCCC1)c1cccs1)c1ccco1. The maximum absolute atomic E-state index is 13.5. The fourth-order valence-corrected chi connectivity index (χ4v) is 4.91. The zero-order valence-corrected chi connectivity index (χ0v) is 19.1. The van der Waals surface area contributed by atoms with Gasteiger partial charge in [0.15, 0.2) is 5.76 Å². The summed E-state index contributed by atoms with van der Waals surface area (Å²) in [6.45, 7) is 0.00188. The summed E-state index contributed by atoms with van der Waals surface area (Å²) in [6.07, 6.45) is 5.50. The van der Waals surface area contributed by atoms with Crippen LogP contribution in [0, 0.1) is 0 Å². The van der Waals surface area contributed by atoms with Crippen molar-refractivity contribution in [3.8, 4) is 0 Å². The van der Waals surface area contributed by atoms with Gasteiger partial charge in [-0.1, -0.05) is 49.2 Å². The first-order valence-corrected chi connectivity index (χ1v) is 12.0. The number of amides is 3. The summed E-state index contributed by atoms with van der Waals surface area (Å²) in [6, 6.07) is 15.8. The van der Waals surface area contributed by atoms with E-state index in [1.807, 2.05) is 47.8 Å². The number of carbonyl (C=O) groups is 3. The molecule has 2 aromatic heterocycles. The van der Waals surface area contributed by atoms with Gasteiger partial charge in [-0.25, -0.2) is 0 Å². The van der Waals surface area contributed by atoms with Crippen LogP contribution in [0.5, 0.6) is 0 Å². The fourth-order valence-electron chi connectivity index (χ4n) is 4.08. The molecule has 0 unspecified atom stereocenters. The standard InChI is InChI=1S/C25H27N3O4S/c29-22(16-26-24(30)20-12-6-14-32-20)28(17-18-8-2-1-3-9-18)23(21-13-7-15-33-21)25(31)27-19-10-4-5-11-19/h1-3,6-9,12-15,19,23H,4-5,10-11,16-17H2,(H,26,30)(H,27,31)/t23-/m0/s1. The van der Waals surface area contributed by atoms with Crippen LogP contribution in [0.25, 0.3) is 0 Å². The molecule has 1 fully saturated rings. The smallest absolute Gasteiger partial charge is 0.287 e. The van der Waals surface area contributed by atoms with E-state index in [0.717, 1.165) is 36.1 Å². The zero-order valence-electron chi connectivity index (χ0n) is 18.2. The molecule has 0 bridgehead atoms. The topological polar surface area (TPSA) is 91.7 Å². The highest BCUT2D eigenvalue weighted by atomic mass is 32.1. The molecule has 0 spiro atoms. The summed E-state index contributed by atoms with van der Waals surface area (Å²) in [5, 5.41) is 7.66. The molecule has 0 radical (unpaired) electrons. The Hall–Kier alpha value is -3.39. The Kier molecular flexibility index (Phi) is 7.57. The highest BCUT2D eigenvalue weighted by molar-refractivity contribution is 7.10. The minimum absolute atomic E-state index is 0.131. The molecule has 2 N–H and O–H groups in total. The summed E-state index contributed by atoms with van der Waals surface area (Å²) in [5.74, 6) is -0.882. The van der Waals surface area contributed by atoms with Crippen molar-refractivity contribution in [1.82, 2.24) is 15.5 Å². The Morgan fingerprint density at radius 2 is 1.82 bits per heavy atom. The van der Waals surface area contributed by atoms with Gasteiger partial charge in [0.1, 0.15) is 6.04 Å². The summed E-state index contributed by atoms with van der Waals surface area (Å²) in [7, 11) is 0. The molecule has 3 aromatic rings. The van der Waals surface area contributed by atoms with E-state index in [1.54, 1.807) is 11.0 Å². The normalized spacial score (nSPS) is 14.5. The van der Waals surface area contributed by atoms with Gasteiger partial charge in [0, 0.05) is 17.5 Å². The van der Waals surface area contributed by atoms with E-state index in [0.29, 0.717) is 0 Å². The Labute approximate surface area is 196 Å². The van der Waals surface area contributed by atoms with Crippen LogP contribution >= 0.6 is 11.3 Å². The first kappa shape index (κ1) is 22.8. The fraction of sp³-hybridized carbons (Fsp3) is 0.320. The number of nitrogens with zero attached hydrogens (tertiary/aromatic N) is 1. The molecule has 1 aromatic carbocycles. The number of thiophene rings is 1. The maximum Gasteiger partial charge on any atom is 0.287 e. The molecule has 1 aliphatic carbocycles. The van der Waals surface area contributed by atoms with E-state index in [2.05, 4.69) is 10.6 Å². The van der Waals surface area contributed by atoms with Crippen LogP contribution in [0.1, 0.15) is 52.7 Å². The number of nitrogens with one attached hydrogen (secondary N) is 2. The lowest BCUT2D eigenvalue weighted by molar-refractivity contribution is -0.141. The molecule has 0 aliphatic heterocycles. The molecule has 4 rings (SSSR count). The second-order valence-electron chi connectivity index (χ2n) is 8.08. The molecular formula is C25H27N3O4S. The van der Waals surface area contributed by atoms with Gasteiger partial charge in [-0.05, 0) is 42.0 Å². The Balaban J connectivity index is 1.57. The summed E-state index contributed by atoms with van der Waals surface area (Å²) < 4.78 is 5.10. The van der Waals surface area contributed by atoms with Crippen molar-refractivity contribution in [1.29, 1.82) is 0 Å². The second kappa shape index (κ2) is 11.0. The van der Waals surface area contributed by atoms with Crippen LogP contribution in [0.4, 0.5) is 0 Å². The first-order chi connectivity index (χ1) is 16.1. The molecule has 0 saturated heterocycles. The minimum atomic E-state index is -0.779. The summed E-state index contributed by atoms with van der Waals surface area (Å²) >= 11 is 1.44. The molecule has 3 amide bonds. The van der Waals surface area contributed by atoms with Crippen molar-refractivity contribution in [3.05, 3.63) is 82.4 Å². The third-order valence-electron chi connectivity index (χ3n) is 5.74. The van der Waals surface area contributed by atoms with Crippen LogP contribution in [0.3, 0.4) is 0 Å². The average Bonchev–Trinajstić information content (AvgIpc) is 3.61. The lowest BCUT2D eigenvalue weighted by Gasteiger charge is -2.31. The third kappa shape index (κ3) is 5.90. The van der Waals surface area contributed by atoms with Crippen molar-refractivity contribution in [2.24, 2.45) is 0 Å². The number of carbonyl (C=O) groups excluding carboxylic acids is 3. The van der Waals surface area contributed by atoms with E-state index in [4.69, 9.17) is 4.42 Å². The number of benzene rings is 1. The molecule has 8 heteroatoms. The Bertz CT molecular complexity index is 1040. The second-order valence-corrected chi connectivity index (χ2v) is 9.05. The quantitative estimate of drug-likeness (QED) is 0.501. The van der Waals surface area contributed by atoms with E-state index in [9.17, 15) is 14.4 Å². The van der Waals surface area contributed by atoms with Crippen LogP contribution in [0.2, 0.25) is 0 Å². The van der Waals surface area contributed by atoms with E-state index in [-0.39, 0.29) is 36.7 Å². The largest absolute Gasteiger partial charge is 0.459 e. The van der Waals surface area contributed by atoms with E-state index in [1.165, 1.54) is 23.7 Å². The van der Waals surface area contributed by atoms with Gasteiger partial charge in [0.25, 0.3) is 5.91 Å². The number of furan rings is 1. The van der Waals surface area contributed by atoms with Gasteiger partial charge < -0.3 is 20.0 Å². The average molecular weight is 466 g/mol. The molecule has 7 nitrogen and oxygen atoms in total. The lowest BCUT2D eigenvalue weighted by Crippen LogP contribution is -2.48. The molecular weight excluding hydrogens is 438 g/mol. The predicted molar refractivity (Wildman–Crippen MR) is 125 cm³/mol.